The van der Waals surface area contributed by atoms with Gasteiger partial charge in [-0.3, -0.25) is 0 Å². The van der Waals surface area contributed by atoms with E-state index in [2.05, 4.69) is 24.1 Å². The Morgan fingerprint density at radius 1 is 1.45 bits per heavy atom. The summed E-state index contributed by atoms with van der Waals surface area (Å²) in [5, 5.41) is 3.08. The van der Waals surface area contributed by atoms with E-state index >= 15 is 0 Å². The monoisotopic (exact) mass is 194 g/mol. The quantitative estimate of drug-likeness (QED) is 0.376. The van der Waals surface area contributed by atoms with Gasteiger partial charge in [0, 0.05) is 13.1 Å². The SMILES string of the molecule is CCC(C)[SiH](Cl)NCCNC. The lowest BCUT2D eigenvalue weighted by atomic mass is 10.4. The third kappa shape index (κ3) is 5.67. The summed E-state index contributed by atoms with van der Waals surface area (Å²) >= 11 is 6.17. The maximum absolute atomic E-state index is 6.17. The Bertz CT molecular complexity index is 92.5. The maximum Gasteiger partial charge on any atom is 0.213 e. The van der Waals surface area contributed by atoms with E-state index in [1.54, 1.807) is 0 Å². The third-order valence-electron chi connectivity index (χ3n) is 1.86. The smallest absolute Gasteiger partial charge is 0.213 e. The van der Waals surface area contributed by atoms with Gasteiger partial charge < -0.3 is 10.3 Å². The van der Waals surface area contributed by atoms with Crippen LogP contribution in [-0.4, -0.2) is 28.4 Å². The van der Waals surface area contributed by atoms with E-state index in [-0.39, 0.29) is 0 Å². The van der Waals surface area contributed by atoms with Gasteiger partial charge in [-0.2, -0.15) is 11.1 Å². The molecule has 68 valence electrons. The van der Waals surface area contributed by atoms with Crippen molar-refractivity contribution in [3.05, 3.63) is 0 Å². The van der Waals surface area contributed by atoms with E-state index in [0.717, 1.165) is 13.1 Å². The molecule has 0 amide bonds. The molecule has 0 saturated carbocycles. The summed E-state index contributed by atoms with van der Waals surface area (Å²) in [7, 11) is 0.808. The van der Waals surface area contributed by atoms with E-state index in [1.165, 1.54) is 6.42 Å². The molecule has 0 radical (unpaired) electrons. The lowest BCUT2D eigenvalue weighted by molar-refractivity contribution is 0.749. The lowest BCUT2D eigenvalue weighted by Crippen LogP contribution is -2.36. The van der Waals surface area contributed by atoms with E-state index in [1.807, 2.05) is 7.05 Å². The van der Waals surface area contributed by atoms with Gasteiger partial charge in [0.15, 0.2) is 0 Å². The van der Waals surface area contributed by atoms with Gasteiger partial charge >= 0.3 is 0 Å². The van der Waals surface area contributed by atoms with Crippen LogP contribution in [0.25, 0.3) is 0 Å². The van der Waals surface area contributed by atoms with Crippen molar-refractivity contribution >= 4 is 19.3 Å². The second kappa shape index (κ2) is 7.10. The molecule has 2 unspecified atom stereocenters. The predicted octanol–water partition coefficient (Wildman–Crippen LogP) is 1.05. The van der Waals surface area contributed by atoms with Crippen LogP contribution in [0.5, 0.6) is 0 Å². The molecule has 2 nitrogen and oxygen atoms in total. The number of rotatable bonds is 6. The first kappa shape index (κ1) is 11.4. The van der Waals surface area contributed by atoms with Gasteiger partial charge in [0.1, 0.15) is 0 Å². The Morgan fingerprint density at radius 2 is 2.09 bits per heavy atom. The summed E-state index contributed by atoms with van der Waals surface area (Å²) < 4.78 is 0. The first-order valence-electron chi connectivity index (χ1n) is 4.24. The van der Waals surface area contributed by atoms with E-state index < -0.39 is 8.27 Å². The first-order valence-corrected chi connectivity index (χ1v) is 7.23. The maximum atomic E-state index is 6.17. The predicted molar refractivity (Wildman–Crippen MR) is 54.6 cm³/mol. The molecule has 2 atom stereocenters. The molecule has 0 aromatic carbocycles. The summed E-state index contributed by atoms with van der Waals surface area (Å²) in [6.07, 6.45) is 1.19. The van der Waals surface area contributed by atoms with Crippen molar-refractivity contribution < 1.29 is 0 Å². The molecule has 0 fully saturated rings. The number of hydrogen-bond donors (Lipinski definition) is 2. The fourth-order valence-corrected chi connectivity index (χ4v) is 2.84. The van der Waals surface area contributed by atoms with Crippen LogP contribution in [0.3, 0.4) is 0 Å². The first-order chi connectivity index (χ1) is 5.22. The van der Waals surface area contributed by atoms with Crippen LogP contribution in [0.2, 0.25) is 5.54 Å². The van der Waals surface area contributed by atoms with Crippen molar-refractivity contribution in [2.45, 2.75) is 25.8 Å². The van der Waals surface area contributed by atoms with Gasteiger partial charge in [-0.25, -0.2) is 0 Å². The van der Waals surface area contributed by atoms with Gasteiger partial charge in [-0.05, 0) is 12.6 Å². The van der Waals surface area contributed by atoms with Gasteiger partial charge in [-0.1, -0.05) is 20.3 Å². The van der Waals surface area contributed by atoms with Crippen LogP contribution in [0.15, 0.2) is 0 Å². The summed E-state index contributed by atoms with van der Waals surface area (Å²) in [5.41, 5.74) is 0.688. The molecule has 0 rings (SSSR count). The molecule has 0 aromatic rings. The zero-order chi connectivity index (χ0) is 8.69. The highest BCUT2D eigenvalue weighted by Crippen LogP contribution is 2.13. The van der Waals surface area contributed by atoms with Crippen LogP contribution in [-0.2, 0) is 0 Å². The standard InChI is InChI=1S/C7H19ClN2Si/c1-4-7(2)11(8)10-6-5-9-3/h7,9-11H,4-6H2,1-3H3. The van der Waals surface area contributed by atoms with Crippen LogP contribution in [0, 0.1) is 0 Å². The molecule has 0 aromatic heterocycles. The second-order valence-corrected chi connectivity index (χ2v) is 6.61. The van der Waals surface area contributed by atoms with Crippen LogP contribution in [0.1, 0.15) is 20.3 Å². The number of likely N-dealkylation sites (N-methyl/N-ethyl adjacent to an activating group) is 1. The molecule has 0 aliphatic rings. The number of hydrogen-bond acceptors (Lipinski definition) is 2. The highest BCUT2D eigenvalue weighted by atomic mass is 35.6. The van der Waals surface area contributed by atoms with Gasteiger partial charge in [0.25, 0.3) is 0 Å². The number of nitrogens with one attached hydrogen (secondary N) is 2. The highest BCUT2D eigenvalue weighted by Gasteiger charge is 2.13. The molecular formula is C7H19ClN2Si. The lowest BCUT2D eigenvalue weighted by Gasteiger charge is -2.15. The Labute approximate surface area is 76.1 Å². The van der Waals surface area contributed by atoms with Crippen LogP contribution >= 0.6 is 11.1 Å². The van der Waals surface area contributed by atoms with Crippen molar-refractivity contribution in [1.29, 1.82) is 0 Å². The average Bonchev–Trinajstić information content (AvgIpc) is 2.03. The van der Waals surface area contributed by atoms with Crippen LogP contribution < -0.4 is 10.3 Å². The summed E-state index contributed by atoms with van der Waals surface area (Å²) in [6, 6.07) is 0. The van der Waals surface area contributed by atoms with Gasteiger partial charge in [0.05, 0.1) is 0 Å². The molecule has 2 N–H and O–H groups in total. The second-order valence-electron chi connectivity index (χ2n) is 2.84. The normalized spacial score (nSPS) is 16.4. The molecule has 11 heavy (non-hydrogen) atoms. The van der Waals surface area contributed by atoms with E-state index in [0.29, 0.717) is 5.54 Å². The topological polar surface area (TPSA) is 24.1 Å². The van der Waals surface area contributed by atoms with Gasteiger partial charge in [0.2, 0.25) is 8.27 Å². The fourth-order valence-electron chi connectivity index (χ4n) is 0.743. The summed E-state index contributed by atoms with van der Waals surface area (Å²) in [5.74, 6) is 0. The molecule has 0 heterocycles. The molecule has 0 spiro atoms. The Balaban J connectivity index is 3.28. The average molecular weight is 195 g/mol. The molecular weight excluding hydrogens is 176 g/mol. The third-order valence-corrected chi connectivity index (χ3v) is 5.76. The van der Waals surface area contributed by atoms with Gasteiger partial charge in [-0.15, -0.1) is 0 Å². The fraction of sp³-hybridized carbons (Fsp3) is 1.00. The van der Waals surface area contributed by atoms with E-state index in [4.69, 9.17) is 11.1 Å². The van der Waals surface area contributed by atoms with Crippen molar-refractivity contribution in [2.24, 2.45) is 0 Å². The zero-order valence-electron chi connectivity index (χ0n) is 7.65. The Hall–Kier alpha value is 0.427. The minimum absolute atomic E-state index is 0.688. The minimum atomic E-state index is -1.15. The molecule has 0 aliphatic carbocycles. The van der Waals surface area contributed by atoms with Crippen molar-refractivity contribution in [3.63, 3.8) is 0 Å². The molecule has 0 aliphatic heterocycles. The largest absolute Gasteiger partial charge is 0.326 e. The Kier molecular flexibility index (Phi) is 7.37. The van der Waals surface area contributed by atoms with Crippen molar-refractivity contribution in [2.75, 3.05) is 20.1 Å². The molecule has 4 heteroatoms. The van der Waals surface area contributed by atoms with Crippen LogP contribution in [0.4, 0.5) is 0 Å². The molecule has 0 saturated heterocycles. The summed E-state index contributed by atoms with van der Waals surface area (Å²) in [6.45, 7) is 6.41. The van der Waals surface area contributed by atoms with Crippen molar-refractivity contribution in [1.82, 2.24) is 10.3 Å². The van der Waals surface area contributed by atoms with Crippen molar-refractivity contribution in [3.8, 4) is 0 Å². The zero-order valence-corrected chi connectivity index (χ0v) is 9.56. The highest BCUT2D eigenvalue weighted by molar-refractivity contribution is 7.06. The minimum Gasteiger partial charge on any atom is -0.326 e. The summed E-state index contributed by atoms with van der Waals surface area (Å²) in [4.78, 5) is 3.38. The number of halogens is 1. The molecule has 0 bridgehead atoms. The van der Waals surface area contributed by atoms with E-state index in [9.17, 15) is 0 Å². The Morgan fingerprint density at radius 3 is 2.55 bits per heavy atom.